The SMILES string of the molecule is CC(CC1CC1)NCC(=O)N1CCCCC1. The van der Waals surface area contributed by atoms with E-state index < -0.39 is 0 Å². The molecule has 1 atom stereocenters. The lowest BCUT2D eigenvalue weighted by molar-refractivity contribution is -0.131. The molecule has 0 radical (unpaired) electrons. The van der Waals surface area contributed by atoms with Crippen molar-refractivity contribution in [1.82, 2.24) is 10.2 Å². The van der Waals surface area contributed by atoms with Gasteiger partial charge in [-0.3, -0.25) is 4.79 Å². The quantitative estimate of drug-likeness (QED) is 0.772. The smallest absolute Gasteiger partial charge is 0.236 e. The van der Waals surface area contributed by atoms with E-state index in [4.69, 9.17) is 0 Å². The number of carbonyl (C=O) groups excluding carboxylic acids is 1. The molecule has 1 heterocycles. The molecule has 0 bridgehead atoms. The largest absolute Gasteiger partial charge is 0.342 e. The molecule has 0 aromatic carbocycles. The van der Waals surface area contributed by atoms with Gasteiger partial charge in [-0.15, -0.1) is 0 Å². The maximum absolute atomic E-state index is 11.9. The molecule has 2 fully saturated rings. The summed E-state index contributed by atoms with van der Waals surface area (Å²) >= 11 is 0. The van der Waals surface area contributed by atoms with Crippen LogP contribution in [-0.2, 0) is 4.79 Å². The van der Waals surface area contributed by atoms with Crippen LogP contribution in [0.3, 0.4) is 0 Å². The summed E-state index contributed by atoms with van der Waals surface area (Å²) in [6.07, 6.45) is 7.69. The number of likely N-dealkylation sites (tertiary alicyclic amines) is 1. The Morgan fingerprint density at radius 1 is 1.31 bits per heavy atom. The molecule has 1 aliphatic heterocycles. The molecule has 0 spiro atoms. The summed E-state index contributed by atoms with van der Waals surface area (Å²) < 4.78 is 0. The Labute approximate surface area is 98.6 Å². The van der Waals surface area contributed by atoms with Gasteiger partial charge in [-0.05, 0) is 38.5 Å². The first-order valence-corrected chi connectivity index (χ1v) is 6.77. The molecular formula is C13H24N2O. The number of hydrogen-bond donors (Lipinski definition) is 1. The Balaban J connectivity index is 1.61. The Morgan fingerprint density at radius 2 is 2.00 bits per heavy atom. The highest BCUT2D eigenvalue weighted by Crippen LogP contribution is 2.33. The molecule has 2 rings (SSSR count). The summed E-state index contributed by atoms with van der Waals surface area (Å²) in [5.74, 6) is 1.23. The minimum atomic E-state index is 0.294. The van der Waals surface area contributed by atoms with Gasteiger partial charge in [-0.25, -0.2) is 0 Å². The second kappa shape index (κ2) is 5.67. The third-order valence-electron chi connectivity index (χ3n) is 3.69. The van der Waals surface area contributed by atoms with E-state index in [9.17, 15) is 4.79 Å². The molecule has 1 saturated heterocycles. The average Bonchev–Trinajstić information content (AvgIpc) is 3.11. The Morgan fingerprint density at radius 3 is 2.62 bits per heavy atom. The minimum Gasteiger partial charge on any atom is -0.342 e. The second-order valence-electron chi connectivity index (χ2n) is 5.40. The zero-order chi connectivity index (χ0) is 11.4. The van der Waals surface area contributed by atoms with Crippen molar-refractivity contribution in [3.8, 4) is 0 Å². The number of nitrogens with one attached hydrogen (secondary N) is 1. The normalized spacial score (nSPS) is 23.2. The molecule has 1 amide bonds. The van der Waals surface area contributed by atoms with E-state index >= 15 is 0 Å². The van der Waals surface area contributed by atoms with E-state index in [2.05, 4.69) is 12.2 Å². The maximum atomic E-state index is 11.9. The van der Waals surface area contributed by atoms with Gasteiger partial charge >= 0.3 is 0 Å². The van der Waals surface area contributed by atoms with E-state index in [0.29, 0.717) is 18.5 Å². The summed E-state index contributed by atoms with van der Waals surface area (Å²) in [5, 5.41) is 3.36. The number of carbonyl (C=O) groups is 1. The fraction of sp³-hybridized carbons (Fsp3) is 0.923. The van der Waals surface area contributed by atoms with Crippen molar-refractivity contribution in [2.45, 2.75) is 51.5 Å². The van der Waals surface area contributed by atoms with E-state index in [1.54, 1.807) is 0 Å². The van der Waals surface area contributed by atoms with Gasteiger partial charge in [-0.2, -0.15) is 0 Å². The lowest BCUT2D eigenvalue weighted by atomic mass is 10.1. The van der Waals surface area contributed by atoms with Crippen molar-refractivity contribution in [3.05, 3.63) is 0 Å². The van der Waals surface area contributed by atoms with Crippen LogP contribution in [0.25, 0.3) is 0 Å². The van der Waals surface area contributed by atoms with Crippen LogP contribution in [0.5, 0.6) is 0 Å². The van der Waals surface area contributed by atoms with Crippen molar-refractivity contribution < 1.29 is 4.79 Å². The van der Waals surface area contributed by atoms with Gasteiger partial charge in [0.25, 0.3) is 0 Å². The van der Waals surface area contributed by atoms with Crippen molar-refractivity contribution in [3.63, 3.8) is 0 Å². The van der Waals surface area contributed by atoms with Gasteiger partial charge in [-0.1, -0.05) is 12.8 Å². The Bertz CT molecular complexity index is 232. The van der Waals surface area contributed by atoms with Crippen LogP contribution < -0.4 is 5.32 Å². The first kappa shape index (κ1) is 11.9. The van der Waals surface area contributed by atoms with Gasteiger partial charge in [0.15, 0.2) is 0 Å². The average molecular weight is 224 g/mol. The van der Waals surface area contributed by atoms with Crippen LogP contribution in [0.15, 0.2) is 0 Å². The molecule has 16 heavy (non-hydrogen) atoms. The highest BCUT2D eigenvalue weighted by Gasteiger charge is 2.24. The highest BCUT2D eigenvalue weighted by atomic mass is 16.2. The fourth-order valence-corrected chi connectivity index (χ4v) is 2.45. The molecule has 1 saturated carbocycles. The first-order chi connectivity index (χ1) is 7.75. The van der Waals surface area contributed by atoms with Crippen LogP contribution >= 0.6 is 0 Å². The van der Waals surface area contributed by atoms with E-state index in [-0.39, 0.29) is 0 Å². The minimum absolute atomic E-state index is 0.294. The molecule has 1 N–H and O–H groups in total. The lowest BCUT2D eigenvalue weighted by Gasteiger charge is -2.27. The van der Waals surface area contributed by atoms with Crippen LogP contribution in [0, 0.1) is 5.92 Å². The molecule has 2 aliphatic rings. The van der Waals surface area contributed by atoms with Crippen LogP contribution in [0.1, 0.15) is 45.4 Å². The van der Waals surface area contributed by atoms with E-state index in [1.165, 1.54) is 38.5 Å². The summed E-state index contributed by atoms with van der Waals surface area (Å²) in [6.45, 7) is 4.67. The number of piperidine rings is 1. The number of hydrogen-bond acceptors (Lipinski definition) is 2. The predicted molar refractivity (Wildman–Crippen MR) is 65.2 cm³/mol. The number of rotatable bonds is 5. The van der Waals surface area contributed by atoms with Crippen LogP contribution in [0.2, 0.25) is 0 Å². The molecule has 92 valence electrons. The molecule has 1 aliphatic carbocycles. The summed E-state index contributed by atoms with van der Waals surface area (Å²) in [5.41, 5.74) is 0. The van der Waals surface area contributed by atoms with Crippen LogP contribution in [-0.4, -0.2) is 36.5 Å². The van der Waals surface area contributed by atoms with Gasteiger partial charge < -0.3 is 10.2 Å². The van der Waals surface area contributed by atoms with Gasteiger partial charge in [0.1, 0.15) is 0 Å². The predicted octanol–water partition coefficient (Wildman–Crippen LogP) is 1.78. The number of nitrogens with zero attached hydrogens (tertiary/aromatic N) is 1. The zero-order valence-corrected chi connectivity index (χ0v) is 10.4. The first-order valence-electron chi connectivity index (χ1n) is 6.77. The second-order valence-corrected chi connectivity index (χ2v) is 5.40. The number of amides is 1. The summed E-state index contributed by atoms with van der Waals surface area (Å²) in [6, 6.07) is 0.501. The van der Waals surface area contributed by atoms with Gasteiger partial charge in [0.2, 0.25) is 5.91 Å². The molecule has 3 heteroatoms. The van der Waals surface area contributed by atoms with Crippen LogP contribution in [0.4, 0.5) is 0 Å². The third-order valence-corrected chi connectivity index (χ3v) is 3.69. The fourth-order valence-electron chi connectivity index (χ4n) is 2.45. The molecular weight excluding hydrogens is 200 g/mol. The Hall–Kier alpha value is -0.570. The summed E-state index contributed by atoms with van der Waals surface area (Å²) in [4.78, 5) is 13.9. The molecule has 1 unspecified atom stereocenters. The van der Waals surface area contributed by atoms with Crippen molar-refractivity contribution in [2.75, 3.05) is 19.6 Å². The standard InChI is InChI=1S/C13H24N2O/c1-11(9-12-5-6-12)14-10-13(16)15-7-3-2-4-8-15/h11-12,14H,2-10H2,1H3. The molecule has 0 aromatic heterocycles. The van der Waals surface area contributed by atoms with E-state index in [1.807, 2.05) is 4.90 Å². The lowest BCUT2D eigenvalue weighted by Crippen LogP contribution is -2.43. The Kier molecular flexibility index (Phi) is 4.22. The monoisotopic (exact) mass is 224 g/mol. The van der Waals surface area contributed by atoms with Crippen molar-refractivity contribution in [1.29, 1.82) is 0 Å². The van der Waals surface area contributed by atoms with Gasteiger partial charge in [0.05, 0.1) is 6.54 Å². The van der Waals surface area contributed by atoms with E-state index in [0.717, 1.165) is 19.0 Å². The summed E-state index contributed by atoms with van der Waals surface area (Å²) in [7, 11) is 0. The maximum Gasteiger partial charge on any atom is 0.236 e. The third kappa shape index (κ3) is 3.78. The highest BCUT2D eigenvalue weighted by molar-refractivity contribution is 5.78. The topological polar surface area (TPSA) is 32.3 Å². The van der Waals surface area contributed by atoms with Gasteiger partial charge in [0, 0.05) is 19.1 Å². The zero-order valence-electron chi connectivity index (χ0n) is 10.4. The van der Waals surface area contributed by atoms with Crippen molar-refractivity contribution >= 4 is 5.91 Å². The molecule has 3 nitrogen and oxygen atoms in total. The molecule has 0 aromatic rings. The van der Waals surface area contributed by atoms with Crippen molar-refractivity contribution in [2.24, 2.45) is 5.92 Å².